The molecule has 1 N–H and O–H groups in total. The maximum absolute atomic E-state index is 11.2. The molecule has 1 unspecified atom stereocenters. The van der Waals surface area contributed by atoms with Crippen LogP contribution in [0.3, 0.4) is 0 Å². The molecule has 2 rings (SSSR count). The van der Waals surface area contributed by atoms with Crippen LogP contribution in [0, 0.1) is 0 Å². The van der Waals surface area contributed by atoms with Gasteiger partial charge in [0.2, 0.25) is 5.60 Å². The van der Waals surface area contributed by atoms with E-state index in [1.165, 1.54) is 6.26 Å². The number of carboxylic acid groups (broad SMARTS) is 1. The molecule has 0 saturated heterocycles. The molecule has 0 aliphatic carbocycles. The normalized spacial score (nSPS) is 24.8. The van der Waals surface area contributed by atoms with E-state index in [4.69, 9.17) is 4.74 Å². The van der Waals surface area contributed by atoms with Gasteiger partial charge in [0, 0.05) is 12.8 Å². The number of ether oxygens (including phenoxy) is 1. The summed E-state index contributed by atoms with van der Waals surface area (Å²) in [5.74, 6) is -0.877. The van der Waals surface area contributed by atoms with E-state index in [0.717, 1.165) is 12.0 Å². The van der Waals surface area contributed by atoms with E-state index < -0.39 is 11.6 Å². The smallest absolute Gasteiger partial charge is 0.348 e. The standard InChI is InChI=1S/C11H12O3S/c12-10(13)11(4-1-2-5-14-11)7-9-3-6-15-8-9/h2-3,5-6,8H,1,4,7H2,(H,12,13). The van der Waals surface area contributed by atoms with Crippen LogP contribution in [-0.4, -0.2) is 16.7 Å². The molecule has 80 valence electrons. The predicted molar refractivity (Wildman–Crippen MR) is 57.8 cm³/mol. The van der Waals surface area contributed by atoms with Gasteiger partial charge in [-0.1, -0.05) is 0 Å². The minimum absolute atomic E-state index is 0.441. The molecule has 0 fully saturated rings. The highest BCUT2D eigenvalue weighted by molar-refractivity contribution is 7.07. The summed E-state index contributed by atoms with van der Waals surface area (Å²) in [7, 11) is 0. The van der Waals surface area contributed by atoms with Crippen LogP contribution in [-0.2, 0) is 16.0 Å². The maximum Gasteiger partial charge on any atom is 0.348 e. The minimum atomic E-state index is -1.06. The minimum Gasteiger partial charge on any atom is -0.483 e. The number of rotatable bonds is 3. The van der Waals surface area contributed by atoms with Crippen LogP contribution in [0.2, 0.25) is 0 Å². The van der Waals surface area contributed by atoms with Gasteiger partial charge in [-0.05, 0) is 34.9 Å². The van der Waals surface area contributed by atoms with Crippen molar-refractivity contribution in [3.63, 3.8) is 0 Å². The Kier molecular flexibility index (Phi) is 2.77. The maximum atomic E-state index is 11.2. The Morgan fingerprint density at radius 1 is 1.67 bits per heavy atom. The molecule has 2 heterocycles. The van der Waals surface area contributed by atoms with Crippen molar-refractivity contribution in [2.45, 2.75) is 24.9 Å². The van der Waals surface area contributed by atoms with Gasteiger partial charge in [-0.15, -0.1) is 0 Å². The zero-order valence-corrected chi connectivity index (χ0v) is 9.00. The number of hydrogen-bond donors (Lipinski definition) is 1. The number of allylic oxidation sites excluding steroid dienone is 1. The quantitative estimate of drug-likeness (QED) is 0.857. The summed E-state index contributed by atoms with van der Waals surface area (Å²) in [5, 5.41) is 13.1. The molecule has 4 heteroatoms. The molecule has 1 atom stereocenters. The number of thiophene rings is 1. The lowest BCUT2D eigenvalue weighted by molar-refractivity contribution is -0.160. The highest BCUT2D eigenvalue weighted by Gasteiger charge is 2.40. The van der Waals surface area contributed by atoms with Crippen LogP contribution in [0.5, 0.6) is 0 Å². The van der Waals surface area contributed by atoms with Crippen LogP contribution in [0.15, 0.2) is 29.2 Å². The third kappa shape index (κ3) is 2.04. The molecule has 0 spiro atoms. The lowest BCUT2D eigenvalue weighted by Crippen LogP contribution is -2.43. The summed E-state index contributed by atoms with van der Waals surface area (Å²) < 4.78 is 5.32. The van der Waals surface area contributed by atoms with E-state index in [1.807, 2.05) is 22.9 Å². The summed E-state index contributed by atoms with van der Waals surface area (Å²) in [4.78, 5) is 11.2. The molecule has 1 aliphatic rings. The molecule has 0 bridgehead atoms. The first-order chi connectivity index (χ1) is 7.23. The van der Waals surface area contributed by atoms with Gasteiger partial charge in [-0.3, -0.25) is 0 Å². The Morgan fingerprint density at radius 2 is 2.53 bits per heavy atom. The molecule has 0 aromatic carbocycles. The second-order valence-corrected chi connectivity index (χ2v) is 4.42. The monoisotopic (exact) mass is 224 g/mol. The molecule has 1 aromatic rings. The van der Waals surface area contributed by atoms with Crippen LogP contribution < -0.4 is 0 Å². The van der Waals surface area contributed by atoms with E-state index in [2.05, 4.69) is 0 Å². The van der Waals surface area contributed by atoms with E-state index in [1.54, 1.807) is 11.3 Å². The van der Waals surface area contributed by atoms with Crippen molar-refractivity contribution in [2.24, 2.45) is 0 Å². The zero-order valence-electron chi connectivity index (χ0n) is 8.18. The number of carboxylic acids is 1. The Bertz CT molecular complexity index is 369. The van der Waals surface area contributed by atoms with Crippen molar-refractivity contribution in [3.05, 3.63) is 34.7 Å². The van der Waals surface area contributed by atoms with E-state index >= 15 is 0 Å². The predicted octanol–water partition coefficient (Wildman–Crippen LogP) is 2.44. The van der Waals surface area contributed by atoms with Crippen LogP contribution >= 0.6 is 11.3 Å². The van der Waals surface area contributed by atoms with Crippen molar-refractivity contribution in [2.75, 3.05) is 0 Å². The third-order valence-electron chi connectivity index (χ3n) is 2.56. The molecule has 15 heavy (non-hydrogen) atoms. The van der Waals surface area contributed by atoms with Crippen LogP contribution in [0.25, 0.3) is 0 Å². The summed E-state index contributed by atoms with van der Waals surface area (Å²) >= 11 is 1.57. The van der Waals surface area contributed by atoms with Crippen molar-refractivity contribution in [3.8, 4) is 0 Å². The molecule has 0 saturated carbocycles. The average molecular weight is 224 g/mol. The molecule has 1 aliphatic heterocycles. The fourth-order valence-electron chi connectivity index (χ4n) is 1.71. The van der Waals surface area contributed by atoms with Gasteiger partial charge >= 0.3 is 5.97 Å². The Balaban J connectivity index is 2.20. The van der Waals surface area contributed by atoms with Gasteiger partial charge in [0.05, 0.1) is 6.26 Å². The van der Waals surface area contributed by atoms with Gasteiger partial charge in [0.25, 0.3) is 0 Å². The second kappa shape index (κ2) is 4.06. The molecule has 0 radical (unpaired) electrons. The molecular weight excluding hydrogens is 212 g/mol. The van der Waals surface area contributed by atoms with Gasteiger partial charge in [-0.2, -0.15) is 11.3 Å². The van der Waals surface area contributed by atoms with Gasteiger partial charge in [0.15, 0.2) is 0 Å². The fourth-order valence-corrected chi connectivity index (χ4v) is 2.38. The van der Waals surface area contributed by atoms with Gasteiger partial charge in [0.1, 0.15) is 0 Å². The molecule has 3 nitrogen and oxygen atoms in total. The average Bonchev–Trinajstić information content (AvgIpc) is 2.71. The summed E-state index contributed by atoms with van der Waals surface area (Å²) in [6.07, 6.45) is 5.10. The first kappa shape index (κ1) is 10.2. The first-order valence-electron chi connectivity index (χ1n) is 4.80. The van der Waals surface area contributed by atoms with Crippen LogP contribution in [0.4, 0.5) is 0 Å². The SMILES string of the molecule is O=C(O)C1(Cc2ccsc2)CCC=CO1. The molecule has 0 amide bonds. The van der Waals surface area contributed by atoms with Crippen molar-refractivity contribution in [1.29, 1.82) is 0 Å². The first-order valence-corrected chi connectivity index (χ1v) is 5.74. The van der Waals surface area contributed by atoms with Crippen molar-refractivity contribution >= 4 is 17.3 Å². The number of hydrogen-bond acceptors (Lipinski definition) is 3. The number of carbonyl (C=O) groups is 1. The van der Waals surface area contributed by atoms with Crippen molar-refractivity contribution in [1.82, 2.24) is 0 Å². The third-order valence-corrected chi connectivity index (χ3v) is 3.30. The summed E-state index contributed by atoms with van der Waals surface area (Å²) in [6, 6.07) is 1.94. The largest absolute Gasteiger partial charge is 0.483 e. The van der Waals surface area contributed by atoms with E-state index in [9.17, 15) is 9.90 Å². The Morgan fingerprint density at radius 3 is 3.07 bits per heavy atom. The van der Waals surface area contributed by atoms with Crippen LogP contribution in [0.1, 0.15) is 18.4 Å². The van der Waals surface area contributed by atoms with Gasteiger partial charge in [-0.25, -0.2) is 4.79 Å². The lowest BCUT2D eigenvalue weighted by atomic mass is 9.89. The zero-order chi connectivity index (χ0) is 10.7. The summed E-state index contributed by atoms with van der Waals surface area (Å²) in [6.45, 7) is 0. The Labute approximate surface area is 92.0 Å². The molecular formula is C11H12O3S. The van der Waals surface area contributed by atoms with Crippen molar-refractivity contribution < 1.29 is 14.6 Å². The van der Waals surface area contributed by atoms with E-state index in [-0.39, 0.29) is 0 Å². The van der Waals surface area contributed by atoms with E-state index in [0.29, 0.717) is 12.8 Å². The summed E-state index contributed by atoms with van der Waals surface area (Å²) in [5.41, 5.74) is -0.0341. The highest BCUT2D eigenvalue weighted by atomic mass is 32.1. The molecule has 1 aromatic heterocycles. The highest BCUT2D eigenvalue weighted by Crippen LogP contribution is 2.28. The topological polar surface area (TPSA) is 46.5 Å². The number of aliphatic carboxylic acids is 1. The Hall–Kier alpha value is -1.29. The lowest BCUT2D eigenvalue weighted by Gasteiger charge is -2.30. The second-order valence-electron chi connectivity index (χ2n) is 3.64. The fraction of sp³-hybridized carbons (Fsp3) is 0.364. The van der Waals surface area contributed by atoms with Gasteiger partial charge < -0.3 is 9.84 Å².